The van der Waals surface area contributed by atoms with Crippen LogP contribution in [0.5, 0.6) is 17.2 Å². The topological polar surface area (TPSA) is 77.1 Å². The lowest BCUT2D eigenvalue weighted by Crippen LogP contribution is -2.40. The molecule has 33 heavy (non-hydrogen) atoms. The zero-order valence-corrected chi connectivity index (χ0v) is 19.5. The highest BCUT2D eigenvalue weighted by Gasteiger charge is 2.43. The molecule has 1 aliphatic heterocycles. The fraction of sp³-hybridized carbons (Fsp3) is 0.280. The van der Waals surface area contributed by atoms with E-state index in [9.17, 15) is 8.42 Å². The van der Waals surface area contributed by atoms with E-state index in [0.29, 0.717) is 17.9 Å². The molecule has 1 heterocycles. The van der Waals surface area contributed by atoms with Crippen LogP contribution in [0.25, 0.3) is 0 Å². The summed E-state index contributed by atoms with van der Waals surface area (Å²) in [6.45, 7) is 0.349. The quantitative estimate of drug-likeness (QED) is 0.513. The largest absolute Gasteiger partial charge is 0.496 e. The number of nitrogens with one attached hydrogen (secondary N) is 1. The Morgan fingerprint density at radius 2 is 1.73 bits per heavy atom. The Balaban J connectivity index is 1.48. The first-order valence-corrected chi connectivity index (χ1v) is 12.3. The normalized spacial score (nSPS) is 18.8. The van der Waals surface area contributed by atoms with Crippen molar-refractivity contribution in [3.05, 3.63) is 90.0 Å². The Morgan fingerprint density at radius 3 is 2.52 bits per heavy atom. The number of nitrogens with zero attached hydrogens (tertiary/aromatic N) is 1. The van der Waals surface area contributed by atoms with E-state index < -0.39 is 21.3 Å². The van der Waals surface area contributed by atoms with Gasteiger partial charge in [-0.25, -0.2) is 13.1 Å². The van der Waals surface area contributed by atoms with Crippen LogP contribution in [0.3, 0.4) is 0 Å². The van der Waals surface area contributed by atoms with Gasteiger partial charge in [0.05, 0.1) is 19.8 Å². The van der Waals surface area contributed by atoms with Crippen molar-refractivity contribution in [3.8, 4) is 17.2 Å². The molecule has 0 aromatic heterocycles. The maximum absolute atomic E-state index is 13.2. The average Bonchev–Trinajstić information content (AvgIpc) is 3.22. The molecule has 0 spiro atoms. The van der Waals surface area contributed by atoms with Gasteiger partial charge >= 0.3 is 0 Å². The van der Waals surface area contributed by atoms with Crippen molar-refractivity contribution in [1.29, 1.82) is 0 Å². The van der Waals surface area contributed by atoms with Crippen LogP contribution in [-0.4, -0.2) is 46.0 Å². The second-order valence-corrected chi connectivity index (χ2v) is 9.80. The molecular weight excluding hydrogens is 440 g/mol. The Labute approximate surface area is 194 Å². The summed E-state index contributed by atoms with van der Waals surface area (Å²) in [6.07, 6.45) is 0.526. The molecular formula is C25H28N2O5S. The van der Waals surface area contributed by atoms with Gasteiger partial charge in [0.25, 0.3) is 0 Å². The first-order chi connectivity index (χ1) is 16.0. The van der Waals surface area contributed by atoms with E-state index in [4.69, 9.17) is 14.3 Å². The van der Waals surface area contributed by atoms with E-state index in [1.807, 2.05) is 78.9 Å². The van der Waals surface area contributed by atoms with Crippen LogP contribution in [-0.2, 0) is 21.3 Å². The number of hydrogen-bond acceptors (Lipinski definition) is 6. The second-order valence-electron chi connectivity index (χ2n) is 7.81. The fourth-order valence-electron chi connectivity index (χ4n) is 4.01. The summed E-state index contributed by atoms with van der Waals surface area (Å²) >= 11 is 0. The molecule has 2 atom stereocenters. The Bertz CT molecular complexity index is 1170. The van der Waals surface area contributed by atoms with Crippen LogP contribution in [0.15, 0.2) is 78.9 Å². The highest BCUT2D eigenvalue weighted by atomic mass is 32.2. The minimum absolute atomic E-state index is 0.0783. The molecule has 3 aromatic carbocycles. The second kappa shape index (κ2) is 10.4. The van der Waals surface area contributed by atoms with Crippen molar-refractivity contribution in [1.82, 2.24) is 9.79 Å². The Morgan fingerprint density at radius 1 is 1.00 bits per heavy atom. The number of sulfonamides is 1. The van der Waals surface area contributed by atoms with Crippen molar-refractivity contribution >= 4 is 10.0 Å². The third-order valence-corrected chi connectivity index (χ3v) is 7.45. The third kappa shape index (κ3) is 5.54. The third-order valence-electron chi connectivity index (χ3n) is 5.65. The summed E-state index contributed by atoms with van der Waals surface area (Å²) in [5, 5.41) is 0.846. The molecule has 1 aliphatic rings. The van der Waals surface area contributed by atoms with Crippen molar-refractivity contribution in [3.63, 3.8) is 0 Å². The average molecular weight is 469 g/mol. The Hall–Kier alpha value is -2.91. The molecule has 0 unspecified atom stereocenters. The van der Waals surface area contributed by atoms with Gasteiger partial charge in [-0.05, 0) is 47.9 Å². The lowest BCUT2D eigenvalue weighted by molar-refractivity contribution is -0.110. The van der Waals surface area contributed by atoms with Crippen molar-refractivity contribution < 1.29 is 22.7 Å². The summed E-state index contributed by atoms with van der Waals surface area (Å²) in [5.74, 6) is 2.10. The van der Waals surface area contributed by atoms with E-state index in [1.165, 1.54) is 0 Å². The standard InChI is InChI=1S/C25H28N2O5S/c1-27-25(20-10-8-13-22(17-20)32-21-11-4-3-5-12-21)24(18-31-27)33(28,29)26-16-15-19-9-6-7-14-23(19)30-2/h3-14,17,24-26H,15-16,18H2,1-2H3/t24-,25+/m1/s1. The molecule has 1 saturated heterocycles. The van der Waals surface area contributed by atoms with Crippen LogP contribution in [0.2, 0.25) is 0 Å². The predicted octanol–water partition coefficient (Wildman–Crippen LogP) is 3.94. The van der Waals surface area contributed by atoms with E-state index in [2.05, 4.69) is 4.72 Å². The first kappa shape index (κ1) is 23.3. The fourth-order valence-corrected chi connectivity index (χ4v) is 5.52. The maximum atomic E-state index is 13.2. The summed E-state index contributed by atoms with van der Waals surface area (Å²) in [4.78, 5) is 5.63. The van der Waals surface area contributed by atoms with Crippen LogP contribution < -0.4 is 14.2 Å². The van der Waals surface area contributed by atoms with Gasteiger partial charge in [-0.2, -0.15) is 5.06 Å². The van der Waals surface area contributed by atoms with Gasteiger partial charge in [0.2, 0.25) is 10.0 Å². The summed E-state index contributed by atoms with van der Waals surface area (Å²) in [6, 6.07) is 24.1. The van der Waals surface area contributed by atoms with E-state index in [0.717, 1.165) is 16.9 Å². The molecule has 4 rings (SSSR count). The van der Waals surface area contributed by atoms with E-state index >= 15 is 0 Å². The predicted molar refractivity (Wildman–Crippen MR) is 127 cm³/mol. The molecule has 0 bridgehead atoms. The molecule has 0 amide bonds. The van der Waals surface area contributed by atoms with Crippen LogP contribution in [0.1, 0.15) is 17.2 Å². The van der Waals surface area contributed by atoms with Gasteiger partial charge in [0, 0.05) is 13.6 Å². The molecule has 8 heteroatoms. The van der Waals surface area contributed by atoms with Crippen molar-refractivity contribution in [2.75, 3.05) is 27.3 Å². The smallest absolute Gasteiger partial charge is 0.218 e. The molecule has 0 radical (unpaired) electrons. The zero-order valence-electron chi connectivity index (χ0n) is 18.7. The molecule has 174 valence electrons. The highest BCUT2D eigenvalue weighted by Crippen LogP contribution is 2.35. The van der Waals surface area contributed by atoms with Crippen LogP contribution >= 0.6 is 0 Å². The van der Waals surface area contributed by atoms with Gasteiger partial charge < -0.3 is 9.47 Å². The number of para-hydroxylation sites is 2. The van der Waals surface area contributed by atoms with Crippen LogP contribution in [0.4, 0.5) is 0 Å². The first-order valence-electron chi connectivity index (χ1n) is 10.8. The summed E-state index contributed by atoms with van der Waals surface area (Å²) < 4.78 is 40.4. The van der Waals surface area contributed by atoms with Crippen LogP contribution in [0, 0.1) is 0 Å². The number of hydroxylamine groups is 2. The Kier molecular flexibility index (Phi) is 7.29. The minimum atomic E-state index is -3.65. The lowest BCUT2D eigenvalue weighted by Gasteiger charge is -2.23. The summed E-state index contributed by atoms with van der Waals surface area (Å²) in [7, 11) is -0.294. The molecule has 1 N–H and O–H groups in total. The zero-order chi connectivity index (χ0) is 23.3. The number of methoxy groups -OCH3 is 1. The maximum Gasteiger partial charge on any atom is 0.218 e. The SMILES string of the molecule is COc1ccccc1CCNS(=O)(=O)[C@@H]1CON(C)[C@H]1c1cccc(Oc2ccccc2)c1. The molecule has 1 fully saturated rings. The van der Waals surface area contributed by atoms with Gasteiger partial charge in [0.1, 0.15) is 22.5 Å². The highest BCUT2D eigenvalue weighted by molar-refractivity contribution is 7.90. The van der Waals surface area contributed by atoms with Crippen molar-refractivity contribution in [2.45, 2.75) is 17.7 Å². The number of benzene rings is 3. The molecule has 7 nitrogen and oxygen atoms in total. The number of ether oxygens (including phenoxy) is 2. The van der Waals surface area contributed by atoms with E-state index in [1.54, 1.807) is 19.2 Å². The minimum Gasteiger partial charge on any atom is -0.496 e. The molecule has 0 aliphatic carbocycles. The van der Waals surface area contributed by atoms with E-state index in [-0.39, 0.29) is 13.2 Å². The van der Waals surface area contributed by atoms with Gasteiger partial charge in [-0.15, -0.1) is 0 Å². The number of rotatable bonds is 9. The monoisotopic (exact) mass is 468 g/mol. The molecule has 0 saturated carbocycles. The van der Waals surface area contributed by atoms with Gasteiger partial charge in [-0.1, -0.05) is 48.5 Å². The molecule has 3 aromatic rings. The summed E-state index contributed by atoms with van der Waals surface area (Å²) in [5.41, 5.74) is 1.76. The number of hydrogen-bond donors (Lipinski definition) is 1. The van der Waals surface area contributed by atoms with Crippen molar-refractivity contribution in [2.24, 2.45) is 0 Å². The lowest BCUT2D eigenvalue weighted by atomic mass is 10.0. The van der Waals surface area contributed by atoms with Gasteiger partial charge in [-0.3, -0.25) is 4.84 Å². The van der Waals surface area contributed by atoms with Gasteiger partial charge in [0.15, 0.2) is 0 Å².